The molecule has 6 heteroatoms. The fourth-order valence-electron chi connectivity index (χ4n) is 3.96. The summed E-state index contributed by atoms with van der Waals surface area (Å²) >= 11 is 6.27. The normalized spacial score (nSPS) is 21.3. The third-order valence-corrected chi connectivity index (χ3v) is 5.19. The van der Waals surface area contributed by atoms with Crippen LogP contribution in [-0.4, -0.2) is 26.3 Å². The van der Waals surface area contributed by atoms with E-state index in [2.05, 4.69) is 36.3 Å². The van der Waals surface area contributed by atoms with E-state index >= 15 is 0 Å². The largest absolute Gasteiger partial charge is 0.455 e. The molecule has 2 heterocycles. The summed E-state index contributed by atoms with van der Waals surface area (Å²) in [6.07, 6.45) is 1.96. The lowest BCUT2D eigenvalue weighted by molar-refractivity contribution is -0.119. The van der Waals surface area contributed by atoms with E-state index < -0.39 is 0 Å². The van der Waals surface area contributed by atoms with E-state index in [1.54, 1.807) is 6.92 Å². The van der Waals surface area contributed by atoms with Crippen molar-refractivity contribution in [1.29, 1.82) is 0 Å². The molecule has 25 heavy (non-hydrogen) atoms. The number of anilines is 1. The quantitative estimate of drug-likeness (QED) is 0.800. The molecule has 0 aliphatic carbocycles. The maximum Gasteiger partial charge on any atom is 0.217 e. The number of ether oxygens (including phenoxy) is 1. The zero-order valence-electron chi connectivity index (χ0n) is 14.4. The van der Waals surface area contributed by atoms with Crippen LogP contribution in [0.25, 0.3) is 0 Å². The first-order valence-corrected chi connectivity index (χ1v) is 9.02. The molecule has 2 aliphatic heterocycles. The fourth-order valence-corrected chi connectivity index (χ4v) is 4.12. The SMILES string of the molecule is Bc1ccc2c(c1)Oc1ccc(Cl)cc1N1CCC[C@H](NC(C)=O)[C@@H]21. The summed E-state index contributed by atoms with van der Waals surface area (Å²) < 4.78 is 6.27. The molecule has 4 rings (SSSR count). The average Bonchev–Trinajstić information content (AvgIpc) is 2.69. The molecule has 0 saturated carbocycles. The van der Waals surface area contributed by atoms with Gasteiger partial charge in [-0.2, -0.15) is 0 Å². The highest BCUT2D eigenvalue weighted by atomic mass is 35.5. The smallest absolute Gasteiger partial charge is 0.217 e. The van der Waals surface area contributed by atoms with E-state index in [1.165, 1.54) is 0 Å². The van der Waals surface area contributed by atoms with Crippen molar-refractivity contribution in [2.24, 2.45) is 0 Å². The van der Waals surface area contributed by atoms with Crippen molar-refractivity contribution >= 4 is 36.5 Å². The van der Waals surface area contributed by atoms with Gasteiger partial charge < -0.3 is 15.0 Å². The molecule has 1 amide bonds. The summed E-state index contributed by atoms with van der Waals surface area (Å²) in [5, 5.41) is 3.83. The van der Waals surface area contributed by atoms with Gasteiger partial charge in [0.2, 0.25) is 5.91 Å². The Morgan fingerprint density at radius 3 is 2.92 bits per heavy atom. The first kappa shape index (κ1) is 16.3. The van der Waals surface area contributed by atoms with Gasteiger partial charge in [0, 0.05) is 24.1 Å². The zero-order chi connectivity index (χ0) is 17.6. The Bertz CT molecular complexity index is 842. The van der Waals surface area contributed by atoms with E-state index in [0.717, 1.165) is 47.6 Å². The van der Waals surface area contributed by atoms with Crippen LogP contribution in [0.2, 0.25) is 5.02 Å². The summed E-state index contributed by atoms with van der Waals surface area (Å²) in [4.78, 5) is 14.1. The second-order valence-corrected chi connectivity index (χ2v) is 7.28. The van der Waals surface area contributed by atoms with Gasteiger partial charge in [-0.25, -0.2) is 0 Å². The summed E-state index contributed by atoms with van der Waals surface area (Å²) in [5.41, 5.74) is 3.24. The van der Waals surface area contributed by atoms with Gasteiger partial charge in [-0.15, -0.1) is 0 Å². The molecule has 0 unspecified atom stereocenters. The maximum absolute atomic E-state index is 11.8. The lowest BCUT2D eigenvalue weighted by Crippen LogP contribution is -2.49. The monoisotopic (exact) mass is 354 g/mol. The van der Waals surface area contributed by atoms with Gasteiger partial charge in [0.15, 0.2) is 5.75 Å². The molecule has 0 bridgehead atoms. The summed E-state index contributed by atoms with van der Waals surface area (Å²) in [6.45, 7) is 2.48. The Balaban J connectivity index is 1.90. The van der Waals surface area contributed by atoms with Gasteiger partial charge in [0.1, 0.15) is 13.6 Å². The lowest BCUT2D eigenvalue weighted by Gasteiger charge is -2.42. The first-order valence-electron chi connectivity index (χ1n) is 8.64. The summed E-state index contributed by atoms with van der Waals surface area (Å²) in [7, 11) is 2.06. The molecular formula is C19H20BClN2O2. The third kappa shape index (κ3) is 2.97. The average molecular weight is 355 g/mol. The van der Waals surface area contributed by atoms with Crippen LogP contribution in [-0.2, 0) is 4.79 Å². The number of amides is 1. The van der Waals surface area contributed by atoms with E-state index in [9.17, 15) is 4.79 Å². The second kappa shape index (κ2) is 6.30. The van der Waals surface area contributed by atoms with Crippen LogP contribution in [0.4, 0.5) is 5.69 Å². The van der Waals surface area contributed by atoms with Gasteiger partial charge in [-0.1, -0.05) is 29.2 Å². The molecule has 2 aromatic carbocycles. The number of nitrogens with zero attached hydrogens (tertiary/aromatic N) is 1. The lowest BCUT2D eigenvalue weighted by atomic mass is 9.86. The minimum atomic E-state index is -0.00278. The Morgan fingerprint density at radius 1 is 1.28 bits per heavy atom. The van der Waals surface area contributed by atoms with Crippen molar-refractivity contribution in [1.82, 2.24) is 5.32 Å². The summed E-state index contributed by atoms with van der Waals surface area (Å²) in [6, 6.07) is 12.1. The molecule has 1 N–H and O–H groups in total. The van der Waals surface area contributed by atoms with Gasteiger partial charge in [0.05, 0.1) is 17.8 Å². The number of piperidine rings is 1. The Morgan fingerprint density at radius 2 is 2.12 bits per heavy atom. The number of nitrogens with one attached hydrogen (secondary N) is 1. The van der Waals surface area contributed by atoms with Crippen LogP contribution in [0, 0.1) is 0 Å². The van der Waals surface area contributed by atoms with Crippen molar-refractivity contribution in [3.05, 3.63) is 47.0 Å². The van der Waals surface area contributed by atoms with Gasteiger partial charge >= 0.3 is 0 Å². The number of hydrogen-bond acceptors (Lipinski definition) is 3. The van der Waals surface area contributed by atoms with Crippen molar-refractivity contribution < 1.29 is 9.53 Å². The van der Waals surface area contributed by atoms with E-state index in [0.29, 0.717) is 5.02 Å². The molecule has 128 valence electrons. The van der Waals surface area contributed by atoms with Crippen LogP contribution in [0.15, 0.2) is 36.4 Å². The number of hydrogen-bond donors (Lipinski definition) is 1. The van der Waals surface area contributed by atoms with Crippen molar-refractivity contribution in [2.45, 2.75) is 31.8 Å². The van der Waals surface area contributed by atoms with Crippen LogP contribution < -0.4 is 20.4 Å². The van der Waals surface area contributed by atoms with E-state index in [4.69, 9.17) is 16.3 Å². The van der Waals surface area contributed by atoms with E-state index in [-0.39, 0.29) is 18.0 Å². The van der Waals surface area contributed by atoms with Crippen molar-refractivity contribution in [3.8, 4) is 11.5 Å². The molecule has 0 radical (unpaired) electrons. The molecule has 0 aromatic heterocycles. The van der Waals surface area contributed by atoms with Crippen LogP contribution >= 0.6 is 11.6 Å². The van der Waals surface area contributed by atoms with Crippen LogP contribution in [0.1, 0.15) is 31.4 Å². The molecule has 0 spiro atoms. The number of rotatable bonds is 1. The van der Waals surface area contributed by atoms with Gasteiger partial charge in [-0.05, 0) is 37.1 Å². The maximum atomic E-state index is 11.8. The third-order valence-electron chi connectivity index (χ3n) is 4.96. The van der Waals surface area contributed by atoms with Crippen LogP contribution in [0.5, 0.6) is 11.5 Å². The van der Waals surface area contributed by atoms with E-state index in [1.807, 2.05) is 18.2 Å². The summed E-state index contributed by atoms with van der Waals surface area (Å²) in [5.74, 6) is 1.66. The zero-order valence-corrected chi connectivity index (χ0v) is 15.1. The highest BCUT2D eigenvalue weighted by Gasteiger charge is 2.38. The Labute approximate surface area is 153 Å². The molecule has 2 aliphatic rings. The van der Waals surface area contributed by atoms with Crippen LogP contribution in [0.3, 0.4) is 0 Å². The highest BCUT2D eigenvalue weighted by Crippen LogP contribution is 2.47. The standard InChI is InChI=1S/C19H20BClN2O2/c1-11(24)22-15-3-2-8-23-16-10-13(21)5-7-17(16)25-18-9-12(20)4-6-14(18)19(15)23/h4-7,9-10,15,19H,2-3,8,20H2,1H3,(H,22,24)/t15-,19+/m0/s1. The number of carbonyl (C=O) groups is 1. The molecule has 1 fully saturated rings. The van der Waals surface area contributed by atoms with Gasteiger partial charge in [-0.3, -0.25) is 4.79 Å². The predicted molar refractivity (Wildman–Crippen MR) is 103 cm³/mol. The predicted octanol–water partition coefficient (Wildman–Crippen LogP) is 2.55. The number of halogens is 1. The Hall–Kier alpha value is -2.14. The minimum absolute atomic E-state index is 0.00278. The highest BCUT2D eigenvalue weighted by molar-refractivity contribution is 6.32. The topological polar surface area (TPSA) is 41.6 Å². The van der Waals surface area contributed by atoms with Gasteiger partial charge in [0.25, 0.3) is 0 Å². The number of benzene rings is 2. The number of fused-ring (bicyclic) bond motifs is 5. The van der Waals surface area contributed by atoms with Crippen molar-refractivity contribution in [2.75, 3.05) is 11.4 Å². The minimum Gasteiger partial charge on any atom is -0.455 e. The second-order valence-electron chi connectivity index (χ2n) is 6.84. The first-order chi connectivity index (χ1) is 12.0. The fraction of sp³-hybridized carbons (Fsp3) is 0.316. The molecule has 4 nitrogen and oxygen atoms in total. The Kier molecular flexibility index (Phi) is 4.12. The van der Waals surface area contributed by atoms with Crippen molar-refractivity contribution in [3.63, 3.8) is 0 Å². The molecule has 2 atom stereocenters. The molecule has 1 saturated heterocycles. The molecule has 2 aromatic rings. The molecular weight excluding hydrogens is 334 g/mol. The number of carbonyl (C=O) groups excluding carboxylic acids is 1.